The summed E-state index contributed by atoms with van der Waals surface area (Å²) in [7, 11) is 0. The molecule has 1 amide bonds. The molecule has 7 heteroatoms. The van der Waals surface area contributed by atoms with E-state index < -0.39 is 12.0 Å². The third-order valence-electron chi connectivity index (χ3n) is 5.58. The van der Waals surface area contributed by atoms with Crippen molar-refractivity contribution in [1.82, 2.24) is 10.2 Å². The minimum Gasteiger partial charge on any atom is -0.480 e. The average molecular weight is 435 g/mol. The van der Waals surface area contributed by atoms with Gasteiger partial charge in [-0.05, 0) is 57.1 Å². The molecule has 1 aromatic rings. The van der Waals surface area contributed by atoms with Crippen LogP contribution < -0.4 is 5.32 Å². The summed E-state index contributed by atoms with van der Waals surface area (Å²) in [5, 5.41) is 12.6. The summed E-state index contributed by atoms with van der Waals surface area (Å²) >= 11 is 0. The number of nitrogens with one attached hydrogen (secondary N) is 1. The zero-order valence-electron chi connectivity index (χ0n) is 19.1. The van der Waals surface area contributed by atoms with Gasteiger partial charge in [0, 0.05) is 6.04 Å². The number of carbonyl (C=O) groups is 3. The van der Waals surface area contributed by atoms with Gasteiger partial charge in [0.2, 0.25) is 5.91 Å². The lowest BCUT2D eigenvalue weighted by atomic mass is 10.0. The van der Waals surface area contributed by atoms with Crippen molar-refractivity contribution in [2.75, 3.05) is 19.7 Å². The molecule has 0 bridgehead atoms. The highest BCUT2D eigenvalue weighted by atomic mass is 16.5. The first-order chi connectivity index (χ1) is 15.1. The first-order valence-electron chi connectivity index (χ1n) is 11.4. The quantitative estimate of drug-likeness (QED) is 0.457. The molecule has 2 aliphatic rings. The smallest absolute Gasteiger partial charge is 0.326 e. The standard InChI is InChI=1S/C19H26N2O3.C3H6O2.C2H6/c22-18(13-20-11-5-8-14-6-2-1-3-7-14)21-16-10-4-9-15(16)12-17(21)19(23)24;1-2-5-3-4;1-2/h1-3,6-7,15-17,20H,4-5,8-13H2,(H,23,24);3H,2H2,1H3;1-2H3/t15?,16?,17-;;/m1../s1. The van der Waals surface area contributed by atoms with E-state index in [4.69, 9.17) is 0 Å². The van der Waals surface area contributed by atoms with E-state index in [9.17, 15) is 19.5 Å². The van der Waals surface area contributed by atoms with Crippen molar-refractivity contribution in [3.05, 3.63) is 35.9 Å². The fourth-order valence-electron chi connectivity index (χ4n) is 4.29. The molecule has 1 aliphatic carbocycles. The number of aryl methyl sites for hydroxylation is 1. The lowest BCUT2D eigenvalue weighted by Gasteiger charge is -2.27. The average Bonchev–Trinajstić information content (AvgIpc) is 3.38. The van der Waals surface area contributed by atoms with Gasteiger partial charge in [0.1, 0.15) is 6.04 Å². The second kappa shape index (κ2) is 15.4. The Morgan fingerprint density at radius 2 is 1.94 bits per heavy atom. The van der Waals surface area contributed by atoms with E-state index in [0.717, 1.165) is 38.6 Å². The highest BCUT2D eigenvalue weighted by Gasteiger charge is 2.48. The summed E-state index contributed by atoms with van der Waals surface area (Å²) in [5.74, 6) is -0.536. The molecular formula is C24H38N2O5. The molecule has 31 heavy (non-hydrogen) atoms. The molecule has 1 aromatic carbocycles. The Labute approximate surface area is 186 Å². The van der Waals surface area contributed by atoms with Gasteiger partial charge in [-0.1, -0.05) is 50.6 Å². The van der Waals surface area contributed by atoms with Crippen molar-refractivity contribution in [3.8, 4) is 0 Å². The van der Waals surface area contributed by atoms with E-state index >= 15 is 0 Å². The third-order valence-corrected chi connectivity index (χ3v) is 5.58. The van der Waals surface area contributed by atoms with Crippen molar-refractivity contribution < 1.29 is 24.2 Å². The Balaban J connectivity index is 0.000000605. The summed E-state index contributed by atoms with van der Waals surface area (Å²) in [4.78, 5) is 34.8. The number of rotatable bonds is 9. The van der Waals surface area contributed by atoms with Gasteiger partial charge in [-0.25, -0.2) is 4.79 Å². The molecule has 7 nitrogen and oxygen atoms in total. The van der Waals surface area contributed by atoms with E-state index in [1.165, 1.54) is 5.56 Å². The largest absolute Gasteiger partial charge is 0.480 e. The molecule has 1 saturated heterocycles. The second-order valence-electron chi connectivity index (χ2n) is 7.47. The van der Waals surface area contributed by atoms with Crippen LogP contribution in [0.3, 0.4) is 0 Å². The number of ether oxygens (including phenoxy) is 1. The molecule has 1 saturated carbocycles. The van der Waals surface area contributed by atoms with Gasteiger partial charge >= 0.3 is 5.97 Å². The Morgan fingerprint density at radius 3 is 2.52 bits per heavy atom. The highest BCUT2D eigenvalue weighted by Crippen LogP contribution is 2.41. The Bertz CT molecular complexity index is 653. The predicted octanol–water partition coefficient (Wildman–Crippen LogP) is 3.27. The lowest BCUT2D eigenvalue weighted by Crippen LogP contribution is -2.48. The molecule has 1 heterocycles. The lowest BCUT2D eigenvalue weighted by molar-refractivity contribution is -0.149. The van der Waals surface area contributed by atoms with Gasteiger partial charge in [-0.3, -0.25) is 9.59 Å². The number of likely N-dealkylation sites (tertiary alicyclic amines) is 1. The maximum Gasteiger partial charge on any atom is 0.326 e. The Hall–Kier alpha value is -2.41. The van der Waals surface area contributed by atoms with Crippen LogP contribution in [0.1, 0.15) is 58.4 Å². The molecule has 3 rings (SSSR count). The molecule has 2 N–H and O–H groups in total. The minimum absolute atomic E-state index is 0.0588. The summed E-state index contributed by atoms with van der Waals surface area (Å²) < 4.78 is 4.15. The van der Waals surface area contributed by atoms with Crippen LogP contribution in [0.4, 0.5) is 0 Å². The molecule has 3 atom stereocenters. The van der Waals surface area contributed by atoms with Gasteiger partial charge in [0.15, 0.2) is 0 Å². The maximum absolute atomic E-state index is 12.5. The van der Waals surface area contributed by atoms with Crippen LogP contribution in [0.5, 0.6) is 0 Å². The van der Waals surface area contributed by atoms with Crippen LogP contribution in [0.2, 0.25) is 0 Å². The first-order valence-corrected chi connectivity index (χ1v) is 11.4. The van der Waals surface area contributed by atoms with Crippen molar-refractivity contribution in [3.63, 3.8) is 0 Å². The van der Waals surface area contributed by atoms with Gasteiger partial charge < -0.3 is 20.1 Å². The topological polar surface area (TPSA) is 95.9 Å². The zero-order chi connectivity index (χ0) is 23.1. The van der Waals surface area contributed by atoms with Gasteiger partial charge in [0.25, 0.3) is 6.47 Å². The van der Waals surface area contributed by atoms with E-state index in [0.29, 0.717) is 25.4 Å². The molecule has 0 radical (unpaired) electrons. The molecule has 1 aliphatic heterocycles. The molecule has 2 unspecified atom stereocenters. The van der Waals surface area contributed by atoms with Crippen molar-refractivity contribution >= 4 is 18.3 Å². The predicted molar refractivity (Wildman–Crippen MR) is 121 cm³/mol. The van der Waals surface area contributed by atoms with Crippen LogP contribution in [0, 0.1) is 5.92 Å². The van der Waals surface area contributed by atoms with Gasteiger partial charge in [-0.2, -0.15) is 0 Å². The zero-order valence-corrected chi connectivity index (χ0v) is 19.1. The number of carbonyl (C=O) groups excluding carboxylic acids is 2. The normalized spacial score (nSPS) is 21.1. The molecule has 0 spiro atoms. The molecule has 174 valence electrons. The van der Waals surface area contributed by atoms with Crippen LogP contribution >= 0.6 is 0 Å². The summed E-state index contributed by atoms with van der Waals surface area (Å²) in [6, 6.07) is 9.79. The highest BCUT2D eigenvalue weighted by molar-refractivity contribution is 5.86. The molecular weight excluding hydrogens is 396 g/mol. The number of benzene rings is 1. The molecule has 0 aromatic heterocycles. The summed E-state index contributed by atoms with van der Waals surface area (Å²) in [6.45, 7) is 7.67. The van der Waals surface area contributed by atoms with Crippen LogP contribution in [-0.4, -0.2) is 60.1 Å². The Kier molecular flexibility index (Phi) is 13.2. The van der Waals surface area contributed by atoms with E-state index in [1.54, 1.807) is 11.8 Å². The SMILES string of the molecule is CC.CCOC=O.O=C(O)[C@H]1CC2CCCC2N1C(=O)CNCCCc1ccccc1. The number of nitrogens with zero attached hydrogens (tertiary/aromatic N) is 1. The number of carboxylic acid groups (broad SMARTS) is 1. The number of amides is 1. The van der Waals surface area contributed by atoms with Gasteiger partial charge in [0.05, 0.1) is 13.2 Å². The van der Waals surface area contributed by atoms with Crippen molar-refractivity contribution in [2.45, 2.75) is 71.4 Å². The number of carboxylic acids is 1. The maximum atomic E-state index is 12.5. The Morgan fingerprint density at radius 1 is 1.23 bits per heavy atom. The van der Waals surface area contributed by atoms with Crippen LogP contribution in [0.15, 0.2) is 30.3 Å². The summed E-state index contributed by atoms with van der Waals surface area (Å²) in [6.07, 6.45) is 5.69. The van der Waals surface area contributed by atoms with Gasteiger partial charge in [-0.15, -0.1) is 0 Å². The number of hydrogen-bond acceptors (Lipinski definition) is 5. The monoisotopic (exact) mass is 434 g/mol. The van der Waals surface area contributed by atoms with E-state index in [-0.39, 0.29) is 18.5 Å². The van der Waals surface area contributed by atoms with Crippen molar-refractivity contribution in [2.24, 2.45) is 5.92 Å². The second-order valence-corrected chi connectivity index (χ2v) is 7.47. The fourth-order valence-corrected chi connectivity index (χ4v) is 4.29. The minimum atomic E-state index is -0.859. The van der Waals surface area contributed by atoms with E-state index in [2.05, 4.69) is 22.2 Å². The third kappa shape index (κ3) is 8.69. The number of aliphatic carboxylic acids is 1. The van der Waals surface area contributed by atoms with Crippen LogP contribution in [0.25, 0.3) is 0 Å². The summed E-state index contributed by atoms with van der Waals surface area (Å²) in [5.41, 5.74) is 1.30. The first kappa shape index (κ1) is 26.6. The number of fused-ring (bicyclic) bond motifs is 1. The van der Waals surface area contributed by atoms with Crippen LogP contribution in [-0.2, 0) is 25.5 Å². The fraction of sp³-hybridized carbons (Fsp3) is 0.625. The number of hydrogen-bond donors (Lipinski definition) is 2. The molecule has 2 fully saturated rings. The van der Waals surface area contributed by atoms with Crippen molar-refractivity contribution in [1.29, 1.82) is 0 Å². The van der Waals surface area contributed by atoms with E-state index in [1.807, 2.05) is 32.0 Å².